The van der Waals surface area contributed by atoms with Gasteiger partial charge in [0.15, 0.2) is 15.2 Å². The third-order valence-corrected chi connectivity index (χ3v) is 8.21. The number of hydrogen-bond donors (Lipinski definition) is 0. The normalized spacial score (nSPS) is 38.6. The Labute approximate surface area is 137 Å². The minimum absolute atomic E-state index is 0.0796. The summed E-state index contributed by atoms with van der Waals surface area (Å²) in [4.78, 5) is 24.9. The van der Waals surface area contributed by atoms with E-state index in [1.807, 2.05) is 22.6 Å². The molecular weight excluding hydrogens is 476 g/mol. The summed E-state index contributed by atoms with van der Waals surface area (Å²) in [6.45, 7) is 2.79. The van der Waals surface area contributed by atoms with Gasteiger partial charge in [-0.15, -0.1) is 0 Å². The van der Waals surface area contributed by atoms with Crippen molar-refractivity contribution in [1.82, 2.24) is 4.90 Å². The van der Waals surface area contributed by atoms with Crippen LogP contribution in [0.1, 0.15) is 13.8 Å². The number of fused-ring (bicyclic) bond motifs is 1. The molecule has 2 saturated heterocycles. The molecule has 0 aromatic rings. The smallest absolute Gasteiger partial charge is 0.331 e. The van der Waals surface area contributed by atoms with Crippen LogP contribution in [0.15, 0.2) is 0 Å². The van der Waals surface area contributed by atoms with Crippen molar-refractivity contribution in [1.29, 1.82) is 0 Å². The maximum absolute atomic E-state index is 12.4. The monoisotopic (exact) mass is 485 g/mol. The number of rotatable bonds is 2. The topological polar surface area (TPSA) is 80.8 Å². The fourth-order valence-corrected chi connectivity index (χ4v) is 6.53. The van der Waals surface area contributed by atoms with Gasteiger partial charge < -0.3 is 9.64 Å². The van der Waals surface area contributed by atoms with Crippen molar-refractivity contribution in [2.24, 2.45) is 0 Å². The van der Waals surface area contributed by atoms with E-state index in [-0.39, 0.29) is 4.61 Å². The SMILES string of the molecule is CC1(C)[C@H](C(=O)OCI)N2C(=O)[C@](Cl)(Br)[C@H]2S1(=O)=O. The molecule has 0 aromatic heterocycles. The van der Waals surface area contributed by atoms with E-state index in [4.69, 9.17) is 16.3 Å². The van der Waals surface area contributed by atoms with E-state index in [9.17, 15) is 18.0 Å². The Kier molecular flexibility index (Phi) is 3.69. The van der Waals surface area contributed by atoms with Crippen molar-refractivity contribution in [3.63, 3.8) is 0 Å². The molecule has 0 aromatic carbocycles. The third kappa shape index (κ3) is 1.80. The van der Waals surface area contributed by atoms with Gasteiger partial charge in [0.1, 0.15) is 15.4 Å². The Bertz CT molecular complexity index is 563. The minimum atomic E-state index is -3.80. The molecule has 1 amide bonds. The lowest BCUT2D eigenvalue weighted by molar-refractivity contribution is -0.160. The number of β-lactam (4-membered cyclic amide) rings is 1. The molecule has 0 radical (unpaired) electrons. The second-order valence-electron chi connectivity index (χ2n) is 4.81. The van der Waals surface area contributed by atoms with Gasteiger partial charge in [0, 0.05) is 0 Å². The molecule has 3 atom stereocenters. The summed E-state index contributed by atoms with van der Waals surface area (Å²) in [6.07, 6.45) is 0. The average molecular weight is 487 g/mol. The number of halogens is 3. The molecular formula is C9H10BrClINO5S. The van der Waals surface area contributed by atoms with Gasteiger partial charge in [0.2, 0.25) is 3.78 Å². The summed E-state index contributed by atoms with van der Waals surface area (Å²) >= 11 is 10.6. The van der Waals surface area contributed by atoms with E-state index < -0.39 is 41.7 Å². The first kappa shape index (κ1) is 15.8. The van der Waals surface area contributed by atoms with E-state index in [1.54, 1.807) is 0 Å². The van der Waals surface area contributed by atoms with Gasteiger partial charge in [-0.2, -0.15) is 0 Å². The van der Waals surface area contributed by atoms with Crippen molar-refractivity contribution in [2.45, 2.75) is 33.8 Å². The van der Waals surface area contributed by atoms with Gasteiger partial charge >= 0.3 is 5.97 Å². The van der Waals surface area contributed by atoms with E-state index in [2.05, 4.69) is 15.9 Å². The Hall–Kier alpha value is 0.390. The Balaban J connectivity index is 2.53. The van der Waals surface area contributed by atoms with Crippen molar-refractivity contribution in [3.8, 4) is 0 Å². The molecule has 0 spiro atoms. The summed E-state index contributed by atoms with van der Waals surface area (Å²) in [5.74, 6) is -1.37. The van der Waals surface area contributed by atoms with E-state index in [0.29, 0.717) is 0 Å². The van der Waals surface area contributed by atoms with Crippen LogP contribution >= 0.6 is 50.1 Å². The van der Waals surface area contributed by atoms with Gasteiger partial charge in [-0.1, -0.05) is 27.5 Å². The van der Waals surface area contributed by atoms with Crippen molar-refractivity contribution < 1.29 is 22.7 Å². The van der Waals surface area contributed by atoms with E-state index in [1.165, 1.54) is 13.8 Å². The van der Waals surface area contributed by atoms with Crippen molar-refractivity contribution in [2.75, 3.05) is 4.61 Å². The summed E-state index contributed by atoms with van der Waals surface area (Å²) in [5, 5.41) is -1.25. The molecule has 2 heterocycles. The summed E-state index contributed by atoms with van der Waals surface area (Å²) in [7, 11) is -3.80. The lowest BCUT2D eigenvalue weighted by Gasteiger charge is -2.45. The van der Waals surface area contributed by atoms with Crippen LogP contribution in [-0.2, 0) is 24.2 Å². The lowest BCUT2D eigenvalue weighted by Crippen LogP contribution is -2.69. The molecule has 0 aliphatic carbocycles. The predicted molar refractivity (Wildman–Crippen MR) is 79.9 cm³/mol. The van der Waals surface area contributed by atoms with Crippen LogP contribution in [-0.4, -0.2) is 49.8 Å². The minimum Gasteiger partial charge on any atom is -0.453 e. The zero-order chi connectivity index (χ0) is 14.8. The number of ether oxygens (including phenoxy) is 1. The number of carbonyl (C=O) groups is 2. The van der Waals surface area contributed by atoms with Crippen molar-refractivity contribution >= 4 is 71.8 Å². The molecule has 2 rings (SSSR count). The number of hydrogen-bond acceptors (Lipinski definition) is 5. The summed E-state index contributed by atoms with van der Waals surface area (Å²) < 4.78 is 26.7. The zero-order valence-electron chi connectivity index (χ0n) is 9.89. The van der Waals surface area contributed by atoms with Crippen LogP contribution in [0.2, 0.25) is 0 Å². The molecule has 2 aliphatic heterocycles. The van der Waals surface area contributed by atoms with Crippen LogP contribution in [0.3, 0.4) is 0 Å². The quantitative estimate of drug-likeness (QED) is 0.252. The maximum atomic E-state index is 12.4. The van der Waals surface area contributed by atoms with E-state index in [0.717, 1.165) is 4.90 Å². The molecule has 108 valence electrons. The van der Waals surface area contributed by atoms with Gasteiger partial charge in [0.05, 0.1) is 0 Å². The number of sulfone groups is 1. The fraction of sp³-hybridized carbons (Fsp3) is 0.778. The molecule has 2 aliphatic rings. The van der Waals surface area contributed by atoms with Crippen LogP contribution in [0.5, 0.6) is 0 Å². The third-order valence-electron chi connectivity index (χ3n) is 3.47. The number of carbonyl (C=O) groups excluding carboxylic acids is 2. The standard InChI is InChI=1S/C9H10BrClINO5S/c1-8(2)4(5(14)18-3-12)13-6(15)9(10,11)7(13)19(8,16)17/h4,7H,3H2,1-2H3/t4-,7+,9+/m0/s1. The van der Waals surface area contributed by atoms with Gasteiger partial charge in [-0.05, 0) is 36.4 Å². The first-order chi connectivity index (χ1) is 8.51. The molecule has 2 fully saturated rings. The molecule has 6 nitrogen and oxygen atoms in total. The number of esters is 1. The summed E-state index contributed by atoms with van der Waals surface area (Å²) in [6, 6.07) is -1.17. The van der Waals surface area contributed by atoms with Crippen LogP contribution in [0.4, 0.5) is 0 Å². The number of amides is 1. The maximum Gasteiger partial charge on any atom is 0.331 e. The van der Waals surface area contributed by atoms with Crippen molar-refractivity contribution in [3.05, 3.63) is 0 Å². The van der Waals surface area contributed by atoms with Crippen LogP contribution in [0, 0.1) is 0 Å². The largest absolute Gasteiger partial charge is 0.453 e. The van der Waals surface area contributed by atoms with Crippen LogP contribution < -0.4 is 0 Å². The highest BCUT2D eigenvalue weighted by Crippen LogP contribution is 2.55. The molecule has 0 bridgehead atoms. The zero-order valence-corrected chi connectivity index (χ0v) is 15.2. The first-order valence-electron chi connectivity index (χ1n) is 5.18. The predicted octanol–water partition coefficient (Wildman–Crippen LogP) is 0.996. The second kappa shape index (κ2) is 4.44. The highest BCUT2D eigenvalue weighted by molar-refractivity contribution is 14.1. The molecule has 0 saturated carbocycles. The second-order valence-corrected chi connectivity index (χ2v) is 10.3. The highest BCUT2D eigenvalue weighted by atomic mass is 127. The Morgan fingerprint density at radius 1 is 1.58 bits per heavy atom. The molecule has 0 unspecified atom stereocenters. The Morgan fingerprint density at radius 3 is 2.58 bits per heavy atom. The first-order valence-corrected chi connectivity index (χ1v) is 9.42. The van der Waals surface area contributed by atoms with Crippen LogP contribution in [0.25, 0.3) is 0 Å². The van der Waals surface area contributed by atoms with E-state index >= 15 is 0 Å². The average Bonchev–Trinajstić information content (AvgIpc) is 2.42. The molecule has 19 heavy (non-hydrogen) atoms. The lowest BCUT2D eigenvalue weighted by atomic mass is 9.98. The highest BCUT2D eigenvalue weighted by Gasteiger charge is 2.77. The van der Waals surface area contributed by atoms with Gasteiger partial charge in [-0.3, -0.25) is 4.79 Å². The number of alkyl halides is 3. The Morgan fingerprint density at radius 2 is 2.11 bits per heavy atom. The molecule has 0 N–H and O–H groups in total. The number of nitrogens with zero attached hydrogens (tertiary/aromatic N) is 1. The molecule has 10 heteroatoms. The van der Waals surface area contributed by atoms with Gasteiger partial charge in [0.25, 0.3) is 5.91 Å². The van der Waals surface area contributed by atoms with Gasteiger partial charge in [-0.25, -0.2) is 13.2 Å². The fourth-order valence-electron chi connectivity index (χ4n) is 2.40. The summed E-state index contributed by atoms with van der Waals surface area (Å²) in [5.41, 5.74) is 0.